The number of carbonyl (C=O) groups excluding carboxylic acids is 2. The highest BCUT2D eigenvalue weighted by molar-refractivity contribution is 7.10. The minimum Gasteiger partial charge on any atom is -0.504 e. The molecule has 0 saturated heterocycles. The van der Waals surface area contributed by atoms with Crippen molar-refractivity contribution >= 4 is 28.8 Å². The number of fused-ring (bicyclic) bond motifs is 1. The van der Waals surface area contributed by atoms with Gasteiger partial charge in [-0.25, -0.2) is 4.79 Å². The van der Waals surface area contributed by atoms with Crippen molar-refractivity contribution in [1.29, 1.82) is 0 Å². The van der Waals surface area contributed by atoms with Crippen molar-refractivity contribution in [3.63, 3.8) is 0 Å². The average molecular weight is 494 g/mol. The molecule has 184 valence electrons. The van der Waals surface area contributed by atoms with E-state index >= 15 is 0 Å². The van der Waals surface area contributed by atoms with Crippen LogP contribution in [0.1, 0.15) is 74.6 Å². The second-order valence-corrected chi connectivity index (χ2v) is 10.6. The highest BCUT2D eigenvalue weighted by Crippen LogP contribution is 2.48. The zero-order valence-electron chi connectivity index (χ0n) is 20.2. The van der Waals surface area contributed by atoms with E-state index in [1.54, 1.807) is 29.5 Å². The van der Waals surface area contributed by atoms with Gasteiger partial charge >= 0.3 is 5.97 Å². The molecule has 1 aliphatic heterocycles. The molecule has 0 amide bonds. The summed E-state index contributed by atoms with van der Waals surface area (Å²) in [6.45, 7) is 4.08. The number of hydrogen-bond donors (Lipinski definition) is 1. The first kappa shape index (κ1) is 23.8. The molecule has 1 aromatic heterocycles. The van der Waals surface area contributed by atoms with Crippen LogP contribution in [0.25, 0.3) is 0 Å². The third-order valence-corrected chi connectivity index (χ3v) is 8.37. The number of hydrogen-bond acceptors (Lipinski definition) is 7. The van der Waals surface area contributed by atoms with Gasteiger partial charge in [-0.05, 0) is 75.1 Å². The molecule has 2 aliphatic carbocycles. The lowest BCUT2D eigenvalue weighted by atomic mass is 9.67. The highest BCUT2D eigenvalue weighted by atomic mass is 32.1. The lowest BCUT2D eigenvalue weighted by Crippen LogP contribution is -2.41. The number of aliphatic imine (C=N–C) groups is 1. The number of ether oxygens (including phenoxy) is 2. The molecule has 3 aliphatic rings. The molecule has 2 aromatic rings. The largest absolute Gasteiger partial charge is 0.504 e. The van der Waals surface area contributed by atoms with E-state index in [2.05, 4.69) is 6.07 Å². The van der Waals surface area contributed by atoms with E-state index in [1.165, 1.54) is 4.88 Å². The van der Waals surface area contributed by atoms with Gasteiger partial charge in [0.05, 0.1) is 18.1 Å². The van der Waals surface area contributed by atoms with Crippen molar-refractivity contribution in [2.24, 2.45) is 10.9 Å². The summed E-state index contributed by atoms with van der Waals surface area (Å²) in [6.07, 6.45) is 4.88. The van der Waals surface area contributed by atoms with Crippen LogP contribution in [0.4, 0.5) is 0 Å². The summed E-state index contributed by atoms with van der Waals surface area (Å²) in [6, 6.07) is 9.19. The Morgan fingerprint density at radius 3 is 2.69 bits per heavy atom. The number of rotatable bonds is 6. The number of nitrogens with zero attached hydrogens (tertiary/aromatic N) is 1. The van der Waals surface area contributed by atoms with Gasteiger partial charge in [0.2, 0.25) is 0 Å². The van der Waals surface area contributed by atoms with Gasteiger partial charge in [-0.2, -0.15) is 0 Å². The predicted octanol–water partition coefficient (Wildman–Crippen LogP) is 5.91. The molecule has 2 saturated carbocycles. The van der Waals surface area contributed by atoms with Crippen LogP contribution >= 0.6 is 11.3 Å². The Hall–Kier alpha value is -2.93. The molecule has 1 N–H and O–H groups in total. The summed E-state index contributed by atoms with van der Waals surface area (Å²) < 4.78 is 11.5. The predicted molar refractivity (Wildman–Crippen MR) is 135 cm³/mol. The number of Topliss-reactive ketones (excluding diaryl/α,β-unsaturated/α-hetero) is 1. The Morgan fingerprint density at radius 2 is 1.97 bits per heavy atom. The van der Waals surface area contributed by atoms with Crippen LogP contribution in [-0.2, 0) is 14.3 Å². The van der Waals surface area contributed by atoms with E-state index in [9.17, 15) is 14.7 Å². The zero-order valence-corrected chi connectivity index (χ0v) is 21.0. The molecule has 2 heterocycles. The Balaban J connectivity index is 1.57. The smallest absolute Gasteiger partial charge is 0.336 e. The number of carbonyl (C=O) groups is 2. The molecule has 0 bridgehead atoms. The van der Waals surface area contributed by atoms with Crippen LogP contribution in [0.15, 0.2) is 52.0 Å². The lowest BCUT2D eigenvalue weighted by Gasteiger charge is -2.38. The van der Waals surface area contributed by atoms with Gasteiger partial charge in [0.25, 0.3) is 0 Å². The molecule has 1 aromatic carbocycles. The first-order chi connectivity index (χ1) is 17.0. The molecule has 0 radical (unpaired) electrons. The summed E-state index contributed by atoms with van der Waals surface area (Å²) in [7, 11) is 0. The van der Waals surface area contributed by atoms with Crippen molar-refractivity contribution < 1.29 is 24.2 Å². The molecule has 2 fully saturated rings. The molecule has 0 spiro atoms. The van der Waals surface area contributed by atoms with Gasteiger partial charge in [-0.1, -0.05) is 12.1 Å². The van der Waals surface area contributed by atoms with Gasteiger partial charge in [0.1, 0.15) is 11.9 Å². The molecular weight excluding hydrogens is 462 g/mol. The van der Waals surface area contributed by atoms with E-state index in [-0.39, 0.29) is 29.5 Å². The zero-order chi connectivity index (χ0) is 24.5. The van der Waals surface area contributed by atoms with Gasteiger partial charge in [0.15, 0.2) is 11.5 Å². The summed E-state index contributed by atoms with van der Waals surface area (Å²) >= 11 is 1.66. The van der Waals surface area contributed by atoms with Crippen LogP contribution in [0, 0.1) is 5.92 Å². The Morgan fingerprint density at radius 1 is 1.17 bits per heavy atom. The third kappa shape index (κ3) is 4.66. The molecular formula is C28H31NO5S. The van der Waals surface area contributed by atoms with Crippen molar-refractivity contribution in [2.45, 2.75) is 70.3 Å². The van der Waals surface area contributed by atoms with Crippen molar-refractivity contribution in [3.8, 4) is 11.5 Å². The number of allylic oxidation sites excluding steroid dienone is 1. The monoisotopic (exact) mass is 493 g/mol. The van der Waals surface area contributed by atoms with E-state index in [0.717, 1.165) is 37.0 Å². The average Bonchev–Trinajstić information content (AvgIpc) is 3.54. The standard InChI is InChI=1S/C28H31NO5S/c1-3-33-23-15-17(10-11-21(23)30)26-25(28(32)34-19-7-4-5-8-19)16(2)29-20-13-18(14-22(31)27(20)26)24-9-6-12-35-24/h6,9-12,15,18-19,26-27,30H,3-5,7-8,13-14H2,1-2H3/t18-,26-,27?/m0/s1. The normalized spacial score (nSPS) is 24.8. The maximum atomic E-state index is 13.7. The number of benzene rings is 1. The van der Waals surface area contributed by atoms with E-state index < -0.39 is 11.8 Å². The van der Waals surface area contributed by atoms with Crippen LogP contribution in [0.3, 0.4) is 0 Å². The van der Waals surface area contributed by atoms with E-state index in [0.29, 0.717) is 36.5 Å². The quantitative estimate of drug-likeness (QED) is 0.506. The molecule has 1 unspecified atom stereocenters. The molecule has 7 heteroatoms. The second-order valence-electron chi connectivity index (χ2n) is 9.62. The maximum absolute atomic E-state index is 13.7. The summed E-state index contributed by atoms with van der Waals surface area (Å²) in [5, 5.41) is 12.3. The van der Waals surface area contributed by atoms with Gasteiger partial charge in [0, 0.05) is 34.5 Å². The Bertz CT molecular complexity index is 1180. The van der Waals surface area contributed by atoms with Crippen molar-refractivity contribution in [3.05, 3.63) is 57.4 Å². The maximum Gasteiger partial charge on any atom is 0.336 e. The number of ketones is 1. The van der Waals surface area contributed by atoms with Gasteiger partial charge in [-0.15, -0.1) is 11.3 Å². The Labute approximate surface area is 209 Å². The SMILES string of the molecule is CCOc1cc([C@H]2C(C(=O)OC3CCCC3)=C(C)N=C3C[C@H](c4cccs4)CC(=O)C32)ccc1O. The minimum absolute atomic E-state index is 0.0313. The first-order valence-electron chi connectivity index (χ1n) is 12.5. The summed E-state index contributed by atoms with van der Waals surface area (Å²) in [5.74, 6) is -0.868. The van der Waals surface area contributed by atoms with E-state index in [4.69, 9.17) is 14.5 Å². The molecule has 6 nitrogen and oxygen atoms in total. The van der Waals surface area contributed by atoms with E-state index in [1.807, 2.05) is 25.3 Å². The number of aromatic hydroxyl groups is 1. The number of esters is 1. The van der Waals surface area contributed by atoms with Crippen molar-refractivity contribution in [1.82, 2.24) is 0 Å². The van der Waals surface area contributed by atoms with Gasteiger partial charge < -0.3 is 14.6 Å². The van der Waals surface area contributed by atoms with Crippen LogP contribution in [-0.4, -0.2) is 35.3 Å². The third-order valence-electron chi connectivity index (χ3n) is 7.34. The topological polar surface area (TPSA) is 85.2 Å². The fraction of sp³-hybridized carbons (Fsp3) is 0.464. The fourth-order valence-electron chi connectivity index (χ4n) is 5.74. The number of thiophene rings is 1. The van der Waals surface area contributed by atoms with Gasteiger partial charge in [-0.3, -0.25) is 9.79 Å². The first-order valence-corrected chi connectivity index (χ1v) is 13.3. The molecule has 35 heavy (non-hydrogen) atoms. The highest BCUT2D eigenvalue weighted by Gasteiger charge is 2.46. The number of phenolic OH excluding ortho intramolecular Hbond substituents is 1. The Kier molecular flexibility index (Phi) is 6.78. The summed E-state index contributed by atoms with van der Waals surface area (Å²) in [4.78, 5) is 33.2. The molecule has 3 atom stereocenters. The molecule has 5 rings (SSSR count). The number of phenols is 1. The van der Waals surface area contributed by atoms with Crippen LogP contribution in [0.2, 0.25) is 0 Å². The summed E-state index contributed by atoms with van der Waals surface area (Å²) in [5.41, 5.74) is 2.63. The fourth-order valence-corrected chi connectivity index (χ4v) is 6.57. The van der Waals surface area contributed by atoms with Crippen molar-refractivity contribution in [2.75, 3.05) is 6.61 Å². The lowest BCUT2D eigenvalue weighted by molar-refractivity contribution is -0.144. The minimum atomic E-state index is -0.528. The second kappa shape index (κ2) is 9.97. The van der Waals surface area contributed by atoms with Crippen LogP contribution < -0.4 is 4.74 Å². The van der Waals surface area contributed by atoms with Crippen LogP contribution in [0.5, 0.6) is 11.5 Å².